The molecule has 0 aliphatic carbocycles. The summed E-state index contributed by atoms with van der Waals surface area (Å²) in [5.74, 6) is -0.143. The number of alkyl halides is 2. The fraction of sp³-hybridized carbons (Fsp3) is 0.150. The number of sulfonamides is 1. The van der Waals surface area contributed by atoms with Gasteiger partial charge in [-0.25, -0.2) is 13.1 Å². The standard InChI is InChI=1S/C20H18F2N2O5S/c1-13-4-9-17(30(26,27)23-12-16-3-2-10-28-16)11-18(13)19(25)24-14-5-7-15(8-6-14)29-20(21)22/h2-11,20,23H,12H2,1H3,(H,24,25). The van der Waals surface area contributed by atoms with E-state index < -0.39 is 22.5 Å². The van der Waals surface area contributed by atoms with Crippen LogP contribution in [0.4, 0.5) is 14.5 Å². The zero-order valence-electron chi connectivity index (χ0n) is 15.8. The van der Waals surface area contributed by atoms with Crippen molar-refractivity contribution in [2.24, 2.45) is 0 Å². The van der Waals surface area contributed by atoms with Crippen LogP contribution in [0.3, 0.4) is 0 Å². The Labute approximate surface area is 171 Å². The number of carbonyl (C=O) groups is 1. The average Bonchev–Trinajstić information content (AvgIpc) is 3.21. The molecule has 0 aliphatic rings. The number of furan rings is 1. The van der Waals surface area contributed by atoms with Gasteiger partial charge in [0, 0.05) is 11.3 Å². The minimum Gasteiger partial charge on any atom is -0.468 e. The smallest absolute Gasteiger partial charge is 0.387 e. The highest BCUT2D eigenvalue weighted by atomic mass is 32.2. The molecule has 0 saturated heterocycles. The minimum absolute atomic E-state index is 0.0300. The van der Waals surface area contributed by atoms with Gasteiger partial charge in [0.1, 0.15) is 11.5 Å². The number of halogens is 2. The first-order valence-electron chi connectivity index (χ1n) is 8.73. The monoisotopic (exact) mass is 436 g/mol. The highest BCUT2D eigenvalue weighted by Crippen LogP contribution is 2.21. The largest absolute Gasteiger partial charge is 0.468 e. The normalized spacial score (nSPS) is 11.5. The summed E-state index contributed by atoms with van der Waals surface area (Å²) < 4.78 is 61.3. The second kappa shape index (κ2) is 9.06. The van der Waals surface area contributed by atoms with Crippen LogP contribution in [0.25, 0.3) is 0 Å². The van der Waals surface area contributed by atoms with Crippen LogP contribution in [-0.4, -0.2) is 20.9 Å². The molecular weight excluding hydrogens is 418 g/mol. The molecule has 30 heavy (non-hydrogen) atoms. The van der Waals surface area contributed by atoms with Crippen molar-refractivity contribution < 1.29 is 31.1 Å². The summed E-state index contributed by atoms with van der Waals surface area (Å²) in [6.07, 6.45) is 1.43. The molecule has 10 heteroatoms. The first-order chi connectivity index (χ1) is 14.2. The Balaban J connectivity index is 1.74. The number of hydrogen-bond acceptors (Lipinski definition) is 5. The molecule has 0 unspecified atom stereocenters. The second-order valence-electron chi connectivity index (χ2n) is 6.24. The number of nitrogens with one attached hydrogen (secondary N) is 2. The lowest BCUT2D eigenvalue weighted by Crippen LogP contribution is -2.24. The van der Waals surface area contributed by atoms with Gasteiger partial charge in [0.05, 0.1) is 17.7 Å². The zero-order chi connectivity index (χ0) is 21.7. The maximum Gasteiger partial charge on any atom is 0.387 e. The van der Waals surface area contributed by atoms with Crippen molar-refractivity contribution in [3.05, 3.63) is 77.7 Å². The Morgan fingerprint density at radius 3 is 2.50 bits per heavy atom. The predicted molar refractivity (Wildman–Crippen MR) is 105 cm³/mol. The Kier molecular flexibility index (Phi) is 6.48. The fourth-order valence-corrected chi connectivity index (χ4v) is 3.61. The van der Waals surface area contributed by atoms with Crippen LogP contribution in [0, 0.1) is 6.92 Å². The van der Waals surface area contributed by atoms with Gasteiger partial charge in [0.2, 0.25) is 10.0 Å². The van der Waals surface area contributed by atoms with Crippen molar-refractivity contribution in [3.8, 4) is 5.75 Å². The number of ether oxygens (including phenoxy) is 1. The molecule has 2 N–H and O–H groups in total. The number of anilines is 1. The first kappa shape index (κ1) is 21.5. The summed E-state index contributed by atoms with van der Waals surface area (Å²) in [7, 11) is -3.88. The van der Waals surface area contributed by atoms with Gasteiger partial charge in [-0.05, 0) is 61.0 Å². The second-order valence-corrected chi connectivity index (χ2v) is 8.00. The van der Waals surface area contributed by atoms with Gasteiger partial charge >= 0.3 is 6.61 Å². The van der Waals surface area contributed by atoms with Crippen LogP contribution >= 0.6 is 0 Å². The van der Waals surface area contributed by atoms with Gasteiger partial charge in [0.25, 0.3) is 5.91 Å². The predicted octanol–water partition coefficient (Wildman–Crippen LogP) is 3.92. The van der Waals surface area contributed by atoms with Crippen LogP contribution in [0.15, 0.2) is 70.2 Å². The Morgan fingerprint density at radius 2 is 1.87 bits per heavy atom. The Hall–Kier alpha value is -3.24. The Bertz CT molecular complexity index is 1110. The first-order valence-corrected chi connectivity index (χ1v) is 10.2. The molecule has 0 saturated carbocycles. The van der Waals surface area contributed by atoms with E-state index in [9.17, 15) is 22.0 Å². The van der Waals surface area contributed by atoms with Crippen LogP contribution < -0.4 is 14.8 Å². The Morgan fingerprint density at radius 1 is 1.13 bits per heavy atom. The molecule has 3 aromatic rings. The van der Waals surface area contributed by atoms with Crippen molar-refractivity contribution >= 4 is 21.6 Å². The van der Waals surface area contributed by atoms with Crippen molar-refractivity contribution in [3.63, 3.8) is 0 Å². The maximum absolute atomic E-state index is 12.6. The molecule has 158 valence electrons. The molecule has 2 aromatic carbocycles. The molecule has 3 rings (SSSR count). The molecule has 0 aliphatic heterocycles. The number of carbonyl (C=O) groups excluding carboxylic acids is 1. The lowest BCUT2D eigenvalue weighted by Gasteiger charge is -2.11. The molecule has 1 heterocycles. The van der Waals surface area contributed by atoms with Crippen molar-refractivity contribution in [2.45, 2.75) is 25.0 Å². The van der Waals surface area contributed by atoms with Gasteiger partial charge < -0.3 is 14.5 Å². The van der Waals surface area contributed by atoms with E-state index in [2.05, 4.69) is 14.8 Å². The summed E-state index contributed by atoms with van der Waals surface area (Å²) in [6.45, 7) is -1.31. The van der Waals surface area contributed by atoms with Gasteiger partial charge in [-0.1, -0.05) is 6.07 Å². The van der Waals surface area contributed by atoms with E-state index in [1.807, 2.05) is 0 Å². The average molecular weight is 436 g/mol. The molecule has 0 fully saturated rings. The van der Waals surface area contributed by atoms with Crippen LogP contribution in [-0.2, 0) is 16.6 Å². The third kappa shape index (κ3) is 5.43. The highest BCUT2D eigenvalue weighted by molar-refractivity contribution is 7.89. The molecule has 0 spiro atoms. The van der Waals surface area contributed by atoms with Crippen molar-refractivity contribution in [1.29, 1.82) is 0 Å². The molecule has 1 aromatic heterocycles. The van der Waals surface area contributed by atoms with Gasteiger partial charge in [0.15, 0.2) is 0 Å². The summed E-state index contributed by atoms with van der Waals surface area (Å²) in [5.41, 5.74) is 1.06. The number of benzene rings is 2. The molecule has 0 atom stereocenters. The third-order valence-electron chi connectivity index (χ3n) is 4.12. The lowest BCUT2D eigenvalue weighted by molar-refractivity contribution is -0.0498. The molecule has 0 radical (unpaired) electrons. The lowest BCUT2D eigenvalue weighted by atomic mass is 10.1. The molecular formula is C20H18F2N2O5S. The zero-order valence-corrected chi connectivity index (χ0v) is 16.6. The molecule has 7 nitrogen and oxygen atoms in total. The van der Waals surface area contributed by atoms with E-state index in [0.717, 1.165) is 0 Å². The topological polar surface area (TPSA) is 97.6 Å². The molecule has 0 bridgehead atoms. The number of hydrogen-bond donors (Lipinski definition) is 2. The van der Waals surface area contributed by atoms with E-state index in [0.29, 0.717) is 17.0 Å². The quantitative estimate of drug-likeness (QED) is 0.558. The summed E-state index contributed by atoms with van der Waals surface area (Å²) in [6, 6.07) is 12.8. The van der Waals surface area contributed by atoms with Crippen LogP contribution in [0.5, 0.6) is 5.75 Å². The highest BCUT2D eigenvalue weighted by Gasteiger charge is 2.18. The van der Waals surface area contributed by atoms with Crippen molar-refractivity contribution in [1.82, 2.24) is 4.72 Å². The van der Waals surface area contributed by atoms with Gasteiger partial charge in [-0.2, -0.15) is 8.78 Å². The van der Waals surface area contributed by atoms with E-state index >= 15 is 0 Å². The summed E-state index contributed by atoms with van der Waals surface area (Å²) in [4.78, 5) is 12.6. The van der Waals surface area contributed by atoms with E-state index in [1.165, 1.54) is 48.7 Å². The minimum atomic E-state index is -3.88. The summed E-state index contributed by atoms with van der Waals surface area (Å²) >= 11 is 0. The van der Waals surface area contributed by atoms with E-state index in [1.54, 1.807) is 19.1 Å². The fourth-order valence-electron chi connectivity index (χ4n) is 2.59. The van der Waals surface area contributed by atoms with E-state index in [4.69, 9.17) is 4.42 Å². The number of rotatable bonds is 8. The number of aryl methyl sites for hydroxylation is 1. The van der Waals surface area contributed by atoms with Crippen LogP contribution in [0.2, 0.25) is 0 Å². The SMILES string of the molecule is Cc1ccc(S(=O)(=O)NCc2ccco2)cc1C(=O)Nc1ccc(OC(F)F)cc1. The summed E-state index contributed by atoms with van der Waals surface area (Å²) in [5, 5.41) is 2.60. The van der Waals surface area contributed by atoms with E-state index in [-0.39, 0.29) is 22.8 Å². The number of amides is 1. The third-order valence-corrected chi connectivity index (χ3v) is 5.52. The van der Waals surface area contributed by atoms with Gasteiger partial charge in [-0.15, -0.1) is 0 Å². The van der Waals surface area contributed by atoms with Crippen LogP contribution in [0.1, 0.15) is 21.7 Å². The van der Waals surface area contributed by atoms with Gasteiger partial charge in [-0.3, -0.25) is 4.79 Å². The maximum atomic E-state index is 12.6. The molecule has 1 amide bonds. The van der Waals surface area contributed by atoms with Crippen molar-refractivity contribution in [2.75, 3.05) is 5.32 Å².